The molecule has 3 heterocycles. The van der Waals surface area contributed by atoms with Gasteiger partial charge in [0.05, 0.1) is 35.1 Å². The van der Waals surface area contributed by atoms with Gasteiger partial charge >= 0.3 is 0 Å². The van der Waals surface area contributed by atoms with Gasteiger partial charge in [0, 0.05) is 37.8 Å². The van der Waals surface area contributed by atoms with Crippen molar-refractivity contribution in [3.63, 3.8) is 0 Å². The lowest BCUT2D eigenvalue weighted by Crippen LogP contribution is -2.50. The van der Waals surface area contributed by atoms with Crippen LogP contribution in [0.1, 0.15) is 5.69 Å². The lowest BCUT2D eigenvalue weighted by atomic mass is 10.2. The second-order valence-electron chi connectivity index (χ2n) is 7.22. The minimum absolute atomic E-state index is 0.0537. The molecule has 0 saturated carbocycles. The molecule has 2 aromatic heterocycles. The van der Waals surface area contributed by atoms with E-state index in [0.717, 1.165) is 16.4 Å². The fraction of sp³-hybridized carbons (Fsp3) is 0.273. The van der Waals surface area contributed by atoms with Crippen LogP contribution in [0.2, 0.25) is 5.02 Å². The van der Waals surface area contributed by atoms with Crippen molar-refractivity contribution >= 4 is 40.4 Å². The van der Waals surface area contributed by atoms with Gasteiger partial charge in [-0.2, -0.15) is 0 Å². The molecule has 0 unspecified atom stereocenters. The van der Waals surface area contributed by atoms with Gasteiger partial charge in [0.1, 0.15) is 5.01 Å². The van der Waals surface area contributed by atoms with Crippen LogP contribution in [0.5, 0.6) is 0 Å². The number of thiazole rings is 1. The number of halogens is 1. The zero-order chi connectivity index (χ0) is 21.6. The Balaban J connectivity index is 1.24. The van der Waals surface area contributed by atoms with Crippen LogP contribution in [0.4, 0.5) is 5.69 Å². The number of benzene rings is 1. The Hall–Kier alpha value is -2.81. The molecular formula is C22H22ClN5O2S. The average Bonchev–Trinajstić information content (AvgIpc) is 3.25. The largest absolute Gasteiger partial charge is 0.340 e. The SMILES string of the molecule is O=C(CN1CCN(C(=O)Cc2csc(-c3ccccn3)n2)CC1)Nc1ccccc1Cl. The molecule has 0 bridgehead atoms. The molecule has 9 heteroatoms. The Morgan fingerprint density at radius 1 is 1.06 bits per heavy atom. The maximum absolute atomic E-state index is 12.7. The number of hydrogen-bond donors (Lipinski definition) is 1. The van der Waals surface area contributed by atoms with E-state index in [2.05, 4.69) is 15.3 Å². The third-order valence-corrected chi connectivity index (χ3v) is 6.25. The first-order valence-electron chi connectivity index (χ1n) is 9.99. The van der Waals surface area contributed by atoms with Crippen LogP contribution in [-0.4, -0.2) is 64.3 Å². The number of piperazine rings is 1. The van der Waals surface area contributed by atoms with Crippen LogP contribution in [0.15, 0.2) is 54.0 Å². The van der Waals surface area contributed by atoms with Crippen LogP contribution in [0.3, 0.4) is 0 Å². The number of anilines is 1. The summed E-state index contributed by atoms with van der Waals surface area (Å²) in [6, 6.07) is 12.8. The zero-order valence-corrected chi connectivity index (χ0v) is 18.4. The summed E-state index contributed by atoms with van der Waals surface area (Å²) in [6.07, 6.45) is 2.01. The highest BCUT2D eigenvalue weighted by Crippen LogP contribution is 2.22. The average molecular weight is 456 g/mol. The molecule has 0 atom stereocenters. The molecule has 4 rings (SSSR count). The van der Waals surface area contributed by atoms with Gasteiger partial charge in [0.15, 0.2) is 0 Å². The molecule has 1 aromatic carbocycles. The number of aromatic nitrogens is 2. The monoisotopic (exact) mass is 455 g/mol. The number of hydrogen-bond acceptors (Lipinski definition) is 6. The summed E-state index contributed by atoms with van der Waals surface area (Å²) in [6.45, 7) is 2.76. The lowest BCUT2D eigenvalue weighted by molar-refractivity contribution is -0.132. The number of pyridine rings is 1. The molecule has 0 radical (unpaired) electrons. The minimum Gasteiger partial charge on any atom is -0.340 e. The Bertz CT molecular complexity index is 1050. The van der Waals surface area contributed by atoms with Crippen molar-refractivity contribution in [2.75, 3.05) is 38.0 Å². The molecular weight excluding hydrogens is 434 g/mol. The summed E-state index contributed by atoms with van der Waals surface area (Å²) in [7, 11) is 0. The van der Waals surface area contributed by atoms with E-state index >= 15 is 0 Å². The molecule has 2 amide bonds. The van der Waals surface area contributed by atoms with Crippen molar-refractivity contribution in [1.82, 2.24) is 19.8 Å². The van der Waals surface area contributed by atoms with Crippen molar-refractivity contribution in [3.8, 4) is 10.7 Å². The molecule has 1 N–H and O–H groups in total. The van der Waals surface area contributed by atoms with E-state index in [-0.39, 0.29) is 24.8 Å². The maximum atomic E-state index is 12.7. The molecule has 0 aliphatic carbocycles. The topological polar surface area (TPSA) is 78.4 Å². The van der Waals surface area contributed by atoms with E-state index < -0.39 is 0 Å². The van der Waals surface area contributed by atoms with Crippen LogP contribution in [-0.2, 0) is 16.0 Å². The smallest absolute Gasteiger partial charge is 0.238 e. The molecule has 1 saturated heterocycles. The second kappa shape index (κ2) is 10.00. The third kappa shape index (κ3) is 5.66. The first kappa shape index (κ1) is 21.4. The van der Waals surface area contributed by atoms with E-state index in [1.54, 1.807) is 18.3 Å². The number of para-hydroxylation sites is 1. The number of carbonyl (C=O) groups is 2. The van der Waals surface area contributed by atoms with Crippen LogP contribution >= 0.6 is 22.9 Å². The van der Waals surface area contributed by atoms with Gasteiger partial charge in [-0.05, 0) is 24.3 Å². The summed E-state index contributed by atoms with van der Waals surface area (Å²) in [5, 5.41) is 6.08. The van der Waals surface area contributed by atoms with Gasteiger partial charge in [0.2, 0.25) is 11.8 Å². The van der Waals surface area contributed by atoms with Crippen molar-refractivity contribution < 1.29 is 9.59 Å². The van der Waals surface area contributed by atoms with E-state index in [9.17, 15) is 9.59 Å². The highest BCUT2D eigenvalue weighted by molar-refractivity contribution is 7.13. The summed E-state index contributed by atoms with van der Waals surface area (Å²) in [5.74, 6) is -0.0598. The van der Waals surface area contributed by atoms with E-state index in [1.165, 1.54) is 11.3 Å². The maximum Gasteiger partial charge on any atom is 0.238 e. The molecule has 31 heavy (non-hydrogen) atoms. The van der Waals surface area contributed by atoms with Gasteiger partial charge in [-0.1, -0.05) is 29.8 Å². The van der Waals surface area contributed by atoms with Gasteiger partial charge in [-0.3, -0.25) is 19.5 Å². The predicted octanol–water partition coefficient (Wildman–Crippen LogP) is 3.18. The quantitative estimate of drug-likeness (QED) is 0.617. The van der Waals surface area contributed by atoms with Crippen LogP contribution in [0.25, 0.3) is 10.7 Å². The van der Waals surface area contributed by atoms with Gasteiger partial charge in [0.25, 0.3) is 0 Å². The van der Waals surface area contributed by atoms with Crippen molar-refractivity contribution in [2.24, 2.45) is 0 Å². The van der Waals surface area contributed by atoms with Gasteiger partial charge in [-0.15, -0.1) is 11.3 Å². The summed E-state index contributed by atoms with van der Waals surface area (Å²) in [5.41, 5.74) is 2.18. The molecule has 7 nitrogen and oxygen atoms in total. The fourth-order valence-corrected chi connectivity index (χ4v) is 4.35. The Labute approximate surface area is 189 Å². The van der Waals surface area contributed by atoms with Crippen molar-refractivity contribution in [3.05, 3.63) is 64.8 Å². The number of rotatable bonds is 6. The third-order valence-electron chi connectivity index (χ3n) is 5.01. The Morgan fingerprint density at radius 3 is 2.58 bits per heavy atom. The predicted molar refractivity (Wildman–Crippen MR) is 122 cm³/mol. The fourth-order valence-electron chi connectivity index (χ4n) is 3.37. The summed E-state index contributed by atoms with van der Waals surface area (Å²) >= 11 is 7.58. The van der Waals surface area contributed by atoms with Crippen molar-refractivity contribution in [2.45, 2.75) is 6.42 Å². The minimum atomic E-state index is -0.114. The molecule has 3 aromatic rings. The highest BCUT2D eigenvalue weighted by Gasteiger charge is 2.23. The van der Waals surface area contributed by atoms with Crippen LogP contribution < -0.4 is 5.32 Å². The Kier molecular flexibility index (Phi) is 6.91. The molecule has 1 aliphatic heterocycles. The molecule has 0 spiro atoms. The number of nitrogens with one attached hydrogen (secondary N) is 1. The standard InChI is InChI=1S/C22H22ClN5O2S/c23-17-5-1-2-6-18(17)26-20(29)14-27-9-11-28(12-10-27)21(30)13-16-15-31-22(25-16)19-7-3-4-8-24-19/h1-8,15H,9-14H2,(H,26,29). The van der Waals surface area contributed by atoms with Crippen LogP contribution in [0, 0.1) is 0 Å². The first-order chi connectivity index (χ1) is 15.1. The lowest BCUT2D eigenvalue weighted by Gasteiger charge is -2.34. The normalized spacial score (nSPS) is 14.4. The first-order valence-corrected chi connectivity index (χ1v) is 11.2. The van der Waals surface area contributed by atoms with Crippen molar-refractivity contribution in [1.29, 1.82) is 0 Å². The molecule has 1 fully saturated rings. The Morgan fingerprint density at radius 2 is 1.84 bits per heavy atom. The second-order valence-corrected chi connectivity index (χ2v) is 8.49. The molecule has 1 aliphatic rings. The number of nitrogens with zero attached hydrogens (tertiary/aromatic N) is 4. The van der Waals surface area contributed by atoms with E-state index in [4.69, 9.17) is 11.6 Å². The number of carbonyl (C=O) groups excluding carboxylic acids is 2. The number of amides is 2. The molecule has 160 valence electrons. The summed E-state index contributed by atoms with van der Waals surface area (Å²) in [4.78, 5) is 37.7. The van der Waals surface area contributed by atoms with E-state index in [1.807, 2.05) is 45.5 Å². The zero-order valence-electron chi connectivity index (χ0n) is 16.8. The summed E-state index contributed by atoms with van der Waals surface area (Å²) < 4.78 is 0. The van der Waals surface area contributed by atoms with E-state index in [0.29, 0.717) is 36.9 Å². The van der Waals surface area contributed by atoms with Gasteiger partial charge < -0.3 is 10.2 Å². The highest BCUT2D eigenvalue weighted by atomic mass is 35.5. The van der Waals surface area contributed by atoms with Gasteiger partial charge in [-0.25, -0.2) is 4.98 Å².